The summed E-state index contributed by atoms with van der Waals surface area (Å²) in [5, 5.41) is 6.31. The number of nitrogens with one attached hydrogen (secondary N) is 1. The van der Waals surface area contributed by atoms with Crippen LogP contribution < -0.4 is 5.32 Å². The van der Waals surface area contributed by atoms with Crippen LogP contribution in [0.2, 0.25) is 0 Å². The molecular formula is C17H18ClN5O4. The van der Waals surface area contributed by atoms with E-state index in [1.54, 1.807) is 39.0 Å². The second kappa shape index (κ2) is 6.99. The van der Waals surface area contributed by atoms with Crippen LogP contribution >= 0.6 is 11.6 Å². The molecule has 0 fully saturated rings. The molecule has 2 aromatic heterocycles. The highest BCUT2D eigenvalue weighted by molar-refractivity contribution is 6.62. The number of nitrogens with zero attached hydrogens (tertiary/aromatic N) is 4. The molecule has 142 valence electrons. The zero-order chi connectivity index (χ0) is 19.8. The molecule has 0 radical (unpaired) electrons. The fourth-order valence-electron chi connectivity index (χ4n) is 2.97. The third-order valence-corrected chi connectivity index (χ3v) is 4.54. The minimum absolute atomic E-state index is 0.0991. The summed E-state index contributed by atoms with van der Waals surface area (Å²) >= 11 is 5.69. The highest BCUT2D eigenvalue weighted by Gasteiger charge is 2.45. The first-order valence-electron chi connectivity index (χ1n) is 8.26. The van der Waals surface area contributed by atoms with Gasteiger partial charge in [-0.25, -0.2) is 4.79 Å². The van der Waals surface area contributed by atoms with E-state index in [9.17, 15) is 14.4 Å². The lowest BCUT2D eigenvalue weighted by Gasteiger charge is -2.29. The molecule has 0 spiro atoms. The lowest BCUT2D eigenvalue weighted by Crippen LogP contribution is -2.38. The van der Waals surface area contributed by atoms with E-state index in [1.165, 1.54) is 11.1 Å². The first-order chi connectivity index (χ1) is 12.8. The van der Waals surface area contributed by atoms with Crippen LogP contribution in [0.5, 0.6) is 0 Å². The Kier molecular flexibility index (Phi) is 4.88. The van der Waals surface area contributed by atoms with Gasteiger partial charge in [-0.1, -0.05) is 6.07 Å². The molecule has 9 nitrogen and oxygen atoms in total. The SMILES string of the molecule is CCOC(=O)n1nc2c(c1NC(=O)c1ccccn1)CN(C(=O)Cl)C2(C)C. The van der Waals surface area contributed by atoms with Gasteiger partial charge in [0.05, 0.1) is 24.4 Å². The van der Waals surface area contributed by atoms with Crippen molar-refractivity contribution in [1.82, 2.24) is 19.7 Å². The Morgan fingerprint density at radius 3 is 2.67 bits per heavy atom. The van der Waals surface area contributed by atoms with Crippen molar-refractivity contribution in [3.05, 3.63) is 41.3 Å². The molecule has 0 saturated heterocycles. The predicted octanol–water partition coefficient (Wildman–Crippen LogP) is 2.94. The van der Waals surface area contributed by atoms with Gasteiger partial charge in [-0.3, -0.25) is 14.6 Å². The summed E-state index contributed by atoms with van der Waals surface area (Å²) in [6.45, 7) is 5.42. The summed E-state index contributed by atoms with van der Waals surface area (Å²) in [7, 11) is 0. The van der Waals surface area contributed by atoms with E-state index in [-0.39, 0.29) is 24.7 Å². The number of ether oxygens (including phenoxy) is 1. The maximum absolute atomic E-state index is 12.5. The molecule has 3 rings (SSSR count). The Morgan fingerprint density at radius 1 is 1.33 bits per heavy atom. The third-order valence-electron chi connectivity index (χ3n) is 4.34. The van der Waals surface area contributed by atoms with Crippen LogP contribution in [0.1, 0.15) is 42.5 Å². The summed E-state index contributed by atoms with van der Waals surface area (Å²) in [6, 6.07) is 4.90. The van der Waals surface area contributed by atoms with Gasteiger partial charge in [0.15, 0.2) is 0 Å². The van der Waals surface area contributed by atoms with E-state index in [0.717, 1.165) is 4.68 Å². The summed E-state index contributed by atoms with van der Waals surface area (Å²) in [6.07, 6.45) is 0.752. The van der Waals surface area contributed by atoms with Crippen LogP contribution in [-0.2, 0) is 16.8 Å². The normalized spacial score (nSPS) is 14.6. The first kappa shape index (κ1) is 18.8. The van der Waals surface area contributed by atoms with Crippen molar-refractivity contribution in [3.63, 3.8) is 0 Å². The maximum Gasteiger partial charge on any atom is 0.436 e. The highest BCUT2D eigenvalue weighted by atomic mass is 35.5. The first-order valence-corrected chi connectivity index (χ1v) is 8.64. The number of aromatic nitrogens is 3. The van der Waals surface area contributed by atoms with E-state index in [2.05, 4.69) is 15.4 Å². The number of anilines is 1. The van der Waals surface area contributed by atoms with Crippen LogP contribution in [-0.4, -0.2) is 43.6 Å². The largest absolute Gasteiger partial charge is 0.448 e. The monoisotopic (exact) mass is 391 g/mol. The topological polar surface area (TPSA) is 106 Å². The van der Waals surface area contributed by atoms with E-state index in [0.29, 0.717) is 11.3 Å². The van der Waals surface area contributed by atoms with Crippen molar-refractivity contribution < 1.29 is 19.1 Å². The molecule has 1 N–H and O–H groups in total. The fraction of sp³-hybridized carbons (Fsp3) is 0.353. The third kappa shape index (κ3) is 3.25. The molecule has 0 aromatic carbocycles. The predicted molar refractivity (Wildman–Crippen MR) is 96.7 cm³/mol. The van der Waals surface area contributed by atoms with Crippen molar-refractivity contribution >= 4 is 34.8 Å². The standard InChI is InChI=1S/C17H18ClN5O4/c1-4-27-16(26)23-13(20-14(24)11-7-5-6-8-19-11)10-9-22(15(18)25)17(2,3)12(10)21-23/h5-8H,4,9H2,1-3H3,(H,20,24). The number of amides is 2. The zero-order valence-electron chi connectivity index (χ0n) is 15.0. The molecule has 0 saturated carbocycles. The van der Waals surface area contributed by atoms with Gasteiger partial charge >= 0.3 is 11.5 Å². The van der Waals surface area contributed by atoms with Gasteiger partial charge in [0.2, 0.25) is 0 Å². The van der Waals surface area contributed by atoms with Gasteiger partial charge < -0.3 is 15.0 Å². The molecule has 1 aliphatic heterocycles. The highest BCUT2D eigenvalue weighted by Crippen LogP contribution is 2.42. The van der Waals surface area contributed by atoms with Crippen molar-refractivity contribution in [2.24, 2.45) is 0 Å². The Balaban J connectivity index is 2.05. The van der Waals surface area contributed by atoms with Crippen molar-refractivity contribution in [2.45, 2.75) is 32.9 Å². The molecule has 0 atom stereocenters. The smallest absolute Gasteiger partial charge is 0.436 e. The molecule has 10 heteroatoms. The second-order valence-electron chi connectivity index (χ2n) is 6.35. The van der Waals surface area contributed by atoms with Gasteiger partial charge in [0.25, 0.3) is 5.91 Å². The molecule has 27 heavy (non-hydrogen) atoms. The maximum atomic E-state index is 12.5. The van der Waals surface area contributed by atoms with E-state index in [1.807, 2.05) is 0 Å². The molecule has 0 bridgehead atoms. The minimum atomic E-state index is -0.851. The molecule has 1 aliphatic rings. The van der Waals surface area contributed by atoms with Gasteiger partial charge in [0, 0.05) is 11.8 Å². The molecule has 0 aliphatic carbocycles. The summed E-state index contributed by atoms with van der Waals surface area (Å²) in [5.74, 6) is -0.384. The number of rotatable bonds is 3. The number of hydrogen-bond acceptors (Lipinski definition) is 6. The Labute approximate surface area is 160 Å². The summed E-state index contributed by atoms with van der Waals surface area (Å²) < 4.78 is 6.02. The average molecular weight is 392 g/mol. The molecular weight excluding hydrogens is 374 g/mol. The molecule has 2 amide bonds. The Hall–Kier alpha value is -2.94. The van der Waals surface area contributed by atoms with Crippen molar-refractivity contribution in [3.8, 4) is 0 Å². The van der Waals surface area contributed by atoms with Gasteiger partial charge in [0.1, 0.15) is 11.5 Å². The number of fused-ring (bicyclic) bond motifs is 1. The zero-order valence-corrected chi connectivity index (χ0v) is 15.8. The van der Waals surface area contributed by atoms with Crippen LogP contribution in [0.15, 0.2) is 24.4 Å². The number of halogens is 1. The van der Waals surface area contributed by atoms with E-state index >= 15 is 0 Å². The summed E-state index contributed by atoms with van der Waals surface area (Å²) in [5.41, 5.74) is 0.300. The van der Waals surface area contributed by atoms with E-state index in [4.69, 9.17) is 16.3 Å². The quantitative estimate of drug-likeness (QED) is 0.636. The van der Waals surface area contributed by atoms with Crippen LogP contribution in [0.3, 0.4) is 0 Å². The summed E-state index contributed by atoms with van der Waals surface area (Å²) in [4.78, 5) is 42.0. The lowest BCUT2D eigenvalue weighted by atomic mass is 10.0. The van der Waals surface area contributed by atoms with Crippen molar-refractivity contribution in [2.75, 3.05) is 11.9 Å². The minimum Gasteiger partial charge on any atom is -0.448 e. The molecule has 3 heterocycles. The second-order valence-corrected chi connectivity index (χ2v) is 6.68. The average Bonchev–Trinajstić information content (AvgIpc) is 3.11. The van der Waals surface area contributed by atoms with Gasteiger partial charge in [-0.05, 0) is 44.5 Å². The van der Waals surface area contributed by atoms with Gasteiger partial charge in [-0.15, -0.1) is 4.68 Å². The number of carbonyl (C=O) groups excluding carboxylic acids is 3. The van der Waals surface area contributed by atoms with E-state index < -0.39 is 22.9 Å². The number of pyridine rings is 1. The molecule has 2 aromatic rings. The van der Waals surface area contributed by atoms with Gasteiger partial charge in [-0.2, -0.15) is 5.10 Å². The van der Waals surface area contributed by atoms with Crippen LogP contribution in [0, 0.1) is 0 Å². The Bertz CT molecular complexity index is 910. The molecule has 0 unspecified atom stereocenters. The number of hydrogen-bond donors (Lipinski definition) is 1. The fourth-order valence-corrected chi connectivity index (χ4v) is 3.24. The van der Waals surface area contributed by atoms with Crippen LogP contribution in [0.25, 0.3) is 0 Å². The Morgan fingerprint density at radius 2 is 2.07 bits per heavy atom. The number of carbonyl (C=O) groups is 3. The lowest BCUT2D eigenvalue weighted by molar-refractivity contribution is 0.102. The van der Waals surface area contributed by atoms with Crippen molar-refractivity contribution in [1.29, 1.82) is 0 Å². The van der Waals surface area contributed by atoms with Crippen LogP contribution in [0.4, 0.5) is 15.4 Å².